The number of aromatic amines is 1. The van der Waals surface area contributed by atoms with Crippen LogP contribution < -0.4 is 5.69 Å². The Kier molecular flexibility index (Phi) is 3.20. The molecule has 18 heavy (non-hydrogen) atoms. The number of H-pyrrole nitrogens is 1. The summed E-state index contributed by atoms with van der Waals surface area (Å²) in [5, 5.41) is 8.95. The van der Waals surface area contributed by atoms with Gasteiger partial charge in [-0.1, -0.05) is 0 Å². The molecule has 0 radical (unpaired) electrons. The van der Waals surface area contributed by atoms with E-state index in [0.717, 1.165) is 0 Å². The third-order valence-electron chi connectivity index (χ3n) is 2.79. The van der Waals surface area contributed by atoms with Crippen LogP contribution in [0.3, 0.4) is 0 Å². The zero-order chi connectivity index (χ0) is 13.3. The van der Waals surface area contributed by atoms with Gasteiger partial charge in [-0.25, -0.2) is 9.59 Å². The summed E-state index contributed by atoms with van der Waals surface area (Å²) in [7, 11) is 3.84. The van der Waals surface area contributed by atoms with Gasteiger partial charge in [-0.2, -0.15) is 0 Å². The number of aromatic carboxylic acids is 1. The van der Waals surface area contributed by atoms with E-state index in [9.17, 15) is 9.59 Å². The highest BCUT2D eigenvalue weighted by Crippen LogP contribution is 2.13. The third kappa shape index (κ3) is 2.28. The molecule has 0 aliphatic rings. The van der Waals surface area contributed by atoms with E-state index < -0.39 is 5.97 Å². The van der Waals surface area contributed by atoms with Crippen molar-refractivity contribution in [1.82, 2.24) is 14.5 Å². The summed E-state index contributed by atoms with van der Waals surface area (Å²) in [4.78, 5) is 27.4. The maximum Gasteiger partial charge on any atom is 0.335 e. The first kappa shape index (κ1) is 12.4. The highest BCUT2D eigenvalue weighted by molar-refractivity contribution is 5.92. The van der Waals surface area contributed by atoms with Gasteiger partial charge in [-0.3, -0.25) is 4.57 Å². The average Bonchev–Trinajstić information content (AvgIpc) is 2.60. The summed E-state index contributed by atoms with van der Waals surface area (Å²) in [6, 6.07) is 4.62. The molecule has 6 nitrogen and oxygen atoms in total. The number of hydrogen-bond donors (Lipinski definition) is 2. The van der Waals surface area contributed by atoms with Gasteiger partial charge in [0.15, 0.2) is 0 Å². The number of fused-ring (bicyclic) bond motifs is 1. The minimum absolute atomic E-state index is 0.181. The Balaban J connectivity index is 2.50. The molecule has 0 fully saturated rings. The van der Waals surface area contributed by atoms with Crippen molar-refractivity contribution in [2.24, 2.45) is 0 Å². The number of rotatable bonds is 4. The fourth-order valence-electron chi connectivity index (χ4n) is 1.81. The van der Waals surface area contributed by atoms with E-state index in [4.69, 9.17) is 5.11 Å². The van der Waals surface area contributed by atoms with Crippen molar-refractivity contribution in [3.63, 3.8) is 0 Å². The molecule has 0 amide bonds. The minimum atomic E-state index is -0.996. The maximum atomic E-state index is 11.8. The van der Waals surface area contributed by atoms with Gasteiger partial charge in [0.05, 0.1) is 16.6 Å². The lowest BCUT2D eigenvalue weighted by atomic mass is 10.2. The van der Waals surface area contributed by atoms with Gasteiger partial charge in [-0.05, 0) is 32.3 Å². The Morgan fingerprint density at radius 2 is 2.17 bits per heavy atom. The van der Waals surface area contributed by atoms with E-state index in [2.05, 4.69) is 4.98 Å². The Morgan fingerprint density at radius 1 is 1.44 bits per heavy atom. The Morgan fingerprint density at radius 3 is 2.78 bits per heavy atom. The molecular formula is C12H15N3O3. The molecule has 0 spiro atoms. The number of carboxylic acid groups (broad SMARTS) is 1. The predicted molar refractivity (Wildman–Crippen MR) is 68.1 cm³/mol. The lowest BCUT2D eigenvalue weighted by molar-refractivity contribution is 0.0697. The first-order valence-electron chi connectivity index (χ1n) is 5.59. The number of hydrogen-bond acceptors (Lipinski definition) is 3. The van der Waals surface area contributed by atoms with E-state index in [1.54, 1.807) is 10.6 Å². The number of nitrogens with zero attached hydrogens (tertiary/aromatic N) is 2. The van der Waals surface area contributed by atoms with E-state index >= 15 is 0 Å². The summed E-state index contributed by atoms with van der Waals surface area (Å²) < 4.78 is 1.56. The quantitative estimate of drug-likeness (QED) is 0.831. The molecule has 6 heteroatoms. The number of carbonyl (C=O) groups is 1. The minimum Gasteiger partial charge on any atom is -0.478 e. The summed E-state index contributed by atoms with van der Waals surface area (Å²) in [6.07, 6.45) is 0. The van der Waals surface area contributed by atoms with Gasteiger partial charge in [-0.15, -0.1) is 0 Å². The second-order valence-corrected chi connectivity index (χ2v) is 4.42. The van der Waals surface area contributed by atoms with Gasteiger partial charge in [0, 0.05) is 13.1 Å². The van der Waals surface area contributed by atoms with Crippen LogP contribution in [0.15, 0.2) is 23.0 Å². The number of carboxylic acids is 1. The molecule has 0 aliphatic carbocycles. The molecule has 2 N–H and O–H groups in total. The molecule has 1 aromatic carbocycles. The van der Waals surface area contributed by atoms with E-state index in [-0.39, 0.29) is 11.3 Å². The third-order valence-corrected chi connectivity index (χ3v) is 2.79. The van der Waals surface area contributed by atoms with Crippen LogP contribution in [-0.2, 0) is 6.54 Å². The van der Waals surface area contributed by atoms with Crippen LogP contribution in [-0.4, -0.2) is 46.2 Å². The fourth-order valence-corrected chi connectivity index (χ4v) is 1.81. The summed E-state index contributed by atoms with van der Waals surface area (Å²) in [5.41, 5.74) is 1.25. The van der Waals surface area contributed by atoms with Gasteiger partial charge < -0.3 is 15.0 Å². The number of benzene rings is 1. The zero-order valence-corrected chi connectivity index (χ0v) is 10.3. The number of imidazole rings is 1. The lowest BCUT2D eigenvalue weighted by Crippen LogP contribution is -2.24. The van der Waals surface area contributed by atoms with Crippen molar-refractivity contribution in [2.45, 2.75) is 6.54 Å². The van der Waals surface area contributed by atoms with Crippen molar-refractivity contribution >= 4 is 17.0 Å². The maximum absolute atomic E-state index is 11.8. The molecule has 0 saturated heterocycles. The summed E-state index contributed by atoms with van der Waals surface area (Å²) >= 11 is 0. The summed E-state index contributed by atoms with van der Waals surface area (Å²) in [5.74, 6) is -0.996. The lowest BCUT2D eigenvalue weighted by Gasteiger charge is -2.09. The zero-order valence-electron chi connectivity index (χ0n) is 10.3. The van der Waals surface area contributed by atoms with Gasteiger partial charge in [0.1, 0.15) is 0 Å². The molecule has 0 atom stereocenters. The largest absolute Gasteiger partial charge is 0.478 e. The van der Waals surface area contributed by atoms with Crippen LogP contribution in [0.5, 0.6) is 0 Å². The standard InChI is InChI=1S/C12H15N3O3/c1-14(2)5-6-15-10-7-8(11(16)17)3-4-9(10)13-12(15)18/h3-4,7H,5-6H2,1-2H3,(H,13,18)(H,16,17). The highest BCUT2D eigenvalue weighted by Gasteiger charge is 2.10. The van der Waals surface area contributed by atoms with Crippen LogP contribution in [0.25, 0.3) is 11.0 Å². The Labute approximate surface area is 103 Å². The van der Waals surface area contributed by atoms with E-state index in [1.807, 2.05) is 19.0 Å². The second kappa shape index (κ2) is 4.66. The monoisotopic (exact) mass is 249 g/mol. The molecular weight excluding hydrogens is 234 g/mol. The molecule has 2 rings (SSSR count). The molecule has 0 unspecified atom stereocenters. The number of aromatic nitrogens is 2. The van der Waals surface area contributed by atoms with Gasteiger partial charge in [0.25, 0.3) is 0 Å². The van der Waals surface area contributed by atoms with Crippen molar-refractivity contribution in [3.05, 3.63) is 34.2 Å². The van der Waals surface area contributed by atoms with Crippen LogP contribution in [0.4, 0.5) is 0 Å². The van der Waals surface area contributed by atoms with Crippen molar-refractivity contribution in [2.75, 3.05) is 20.6 Å². The number of likely N-dealkylation sites (N-methyl/N-ethyl adjacent to an activating group) is 1. The molecule has 2 aromatic rings. The second-order valence-electron chi connectivity index (χ2n) is 4.42. The van der Waals surface area contributed by atoms with Crippen LogP contribution in [0.1, 0.15) is 10.4 Å². The molecule has 96 valence electrons. The van der Waals surface area contributed by atoms with Crippen LogP contribution in [0.2, 0.25) is 0 Å². The van der Waals surface area contributed by atoms with Gasteiger partial charge >= 0.3 is 11.7 Å². The first-order chi connectivity index (χ1) is 8.49. The molecule has 0 saturated carbocycles. The fraction of sp³-hybridized carbons (Fsp3) is 0.333. The van der Waals surface area contributed by atoms with Crippen molar-refractivity contribution < 1.29 is 9.90 Å². The van der Waals surface area contributed by atoms with Gasteiger partial charge in [0.2, 0.25) is 0 Å². The van der Waals surface area contributed by atoms with Crippen LogP contribution >= 0.6 is 0 Å². The Bertz CT molecular complexity index is 640. The predicted octanol–water partition coefficient (Wildman–Crippen LogP) is 0.589. The normalized spacial score (nSPS) is 11.3. The average molecular weight is 249 g/mol. The molecule has 0 aliphatic heterocycles. The van der Waals surface area contributed by atoms with Crippen LogP contribution in [0, 0.1) is 0 Å². The van der Waals surface area contributed by atoms with Crippen molar-refractivity contribution in [3.8, 4) is 0 Å². The first-order valence-corrected chi connectivity index (χ1v) is 5.59. The van der Waals surface area contributed by atoms with E-state index in [1.165, 1.54) is 12.1 Å². The molecule has 1 aromatic heterocycles. The molecule has 0 bridgehead atoms. The number of nitrogens with one attached hydrogen (secondary N) is 1. The Hall–Kier alpha value is -2.08. The SMILES string of the molecule is CN(C)CCn1c(=O)[nH]c2ccc(C(=O)O)cc21. The molecule has 1 heterocycles. The summed E-state index contributed by atoms with van der Waals surface area (Å²) in [6.45, 7) is 1.24. The topological polar surface area (TPSA) is 78.3 Å². The van der Waals surface area contributed by atoms with E-state index in [0.29, 0.717) is 24.1 Å². The smallest absolute Gasteiger partial charge is 0.335 e. The highest BCUT2D eigenvalue weighted by atomic mass is 16.4. The van der Waals surface area contributed by atoms with Crippen molar-refractivity contribution in [1.29, 1.82) is 0 Å².